The Morgan fingerprint density at radius 2 is 2.05 bits per heavy atom. The molecule has 3 amide bonds. The summed E-state index contributed by atoms with van der Waals surface area (Å²) in [7, 11) is 1.63. The molecule has 1 saturated heterocycles. The van der Waals surface area contributed by atoms with E-state index in [0.717, 1.165) is 5.56 Å². The van der Waals surface area contributed by atoms with Crippen molar-refractivity contribution in [2.24, 2.45) is 4.99 Å². The first-order valence-corrected chi connectivity index (χ1v) is 7.66. The lowest BCUT2D eigenvalue weighted by atomic mass is 10.1. The van der Waals surface area contributed by atoms with Gasteiger partial charge in [0.25, 0.3) is 5.91 Å². The highest BCUT2D eigenvalue weighted by molar-refractivity contribution is 9.18. The van der Waals surface area contributed by atoms with Crippen LogP contribution >= 0.6 is 15.9 Å². The number of fused-ring (bicyclic) bond motifs is 1. The number of aliphatic imine (C=N–C) groups is 1. The van der Waals surface area contributed by atoms with Gasteiger partial charge in [0.15, 0.2) is 17.0 Å². The van der Waals surface area contributed by atoms with Crippen molar-refractivity contribution in [2.45, 2.75) is 12.2 Å². The molecule has 0 bridgehead atoms. The fraction of sp³-hybridized carbons (Fsp3) is 0.267. The number of imide groups is 1. The number of amides is 3. The second kappa shape index (κ2) is 5.92. The molecule has 0 radical (unpaired) electrons. The van der Waals surface area contributed by atoms with Gasteiger partial charge in [0.1, 0.15) is 0 Å². The van der Waals surface area contributed by atoms with Crippen LogP contribution in [0.1, 0.15) is 5.56 Å². The van der Waals surface area contributed by atoms with Gasteiger partial charge in [0, 0.05) is 13.6 Å². The van der Waals surface area contributed by atoms with E-state index in [-0.39, 0.29) is 5.91 Å². The third-order valence-corrected chi connectivity index (χ3v) is 4.38. The average molecular weight is 363 g/mol. The van der Waals surface area contributed by atoms with E-state index < -0.39 is 18.2 Å². The Balaban J connectivity index is 1.74. The van der Waals surface area contributed by atoms with Gasteiger partial charge in [-0.3, -0.25) is 10.1 Å². The van der Waals surface area contributed by atoms with Crippen LogP contribution in [0.5, 0.6) is 0 Å². The molecule has 2 atom stereocenters. The zero-order chi connectivity index (χ0) is 15.7. The number of rotatable bonds is 3. The summed E-state index contributed by atoms with van der Waals surface area (Å²) < 4.78 is 0.580. The van der Waals surface area contributed by atoms with Crippen molar-refractivity contribution >= 4 is 38.7 Å². The van der Waals surface area contributed by atoms with Gasteiger partial charge in [-0.15, -0.1) is 0 Å². The largest absolute Gasteiger partial charge is 0.332 e. The molecule has 1 aromatic rings. The van der Waals surface area contributed by atoms with E-state index in [9.17, 15) is 9.59 Å². The lowest BCUT2D eigenvalue weighted by molar-refractivity contribution is -0.126. The molecule has 1 N–H and O–H groups in total. The van der Waals surface area contributed by atoms with Crippen molar-refractivity contribution in [3.63, 3.8) is 0 Å². The minimum Gasteiger partial charge on any atom is -0.332 e. The van der Waals surface area contributed by atoms with Crippen molar-refractivity contribution in [3.05, 3.63) is 42.0 Å². The summed E-state index contributed by atoms with van der Waals surface area (Å²) in [6, 6.07) is 8.99. The maximum Gasteiger partial charge on any atom is 0.325 e. The summed E-state index contributed by atoms with van der Waals surface area (Å²) in [5.41, 5.74) is 1.09. The highest BCUT2D eigenvalue weighted by atomic mass is 79.9. The Morgan fingerprint density at radius 3 is 2.77 bits per heavy atom. The lowest BCUT2D eigenvalue weighted by Gasteiger charge is -2.35. The van der Waals surface area contributed by atoms with Crippen LogP contribution in [-0.4, -0.2) is 52.3 Å². The van der Waals surface area contributed by atoms with Crippen molar-refractivity contribution in [2.75, 3.05) is 13.6 Å². The number of amidine groups is 1. The maximum absolute atomic E-state index is 12.1. The molecule has 114 valence electrons. The Kier molecular flexibility index (Phi) is 3.98. The van der Waals surface area contributed by atoms with Gasteiger partial charge in [-0.2, -0.15) is 0 Å². The molecule has 2 unspecified atom stereocenters. The van der Waals surface area contributed by atoms with E-state index >= 15 is 0 Å². The number of likely N-dealkylation sites (N-methyl/N-ethyl adjacent to an activating group) is 1. The van der Waals surface area contributed by atoms with E-state index in [1.165, 1.54) is 4.90 Å². The molecule has 1 fully saturated rings. The van der Waals surface area contributed by atoms with Gasteiger partial charge in [0.2, 0.25) is 0 Å². The maximum atomic E-state index is 12.1. The molecule has 2 heterocycles. The Bertz CT molecular complexity index is 659. The van der Waals surface area contributed by atoms with Gasteiger partial charge in [-0.05, 0) is 21.5 Å². The zero-order valence-electron chi connectivity index (χ0n) is 11.9. The first kappa shape index (κ1) is 14.8. The van der Waals surface area contributed by atoms with Crippen molar-refractivity contribution in [1.29, 1.82) is 0 Å². The molecule has 2 aliphatic rings. The molecule has 7 heteroatoms. The van der Waals surface area contributed by atoms with Gasteiger partial charge in [-0.25, -0.2) is 9.79 Å². The SMILES string of the molecule is CN1C(=O)NC(=O)C2C1N=C(Br)N2C/C=C/c1ccccc1. The molecule has 0 saturated carbocycles. The Labute approximate surface area is 136 Å². The second-order valence-electron chi connectivity index (χ2n) is 5.13. The normalized spacial score (nSPS) is 24.5. The fourth-order valence-electron chi connectivity index (χ4n) is 2.55. The van der Waals surface area contributed by atoms with Crippen LogP contribution in [0.2, 0.25) is 0 Å². The highest BCUT2D eigenvalue weighted by Gasteiger charge is 2.47. The van der Waals surface area contributed by atoms with Crippen LogP contribution in [0, 0.1) is 0 Å². The summed E-state index contributed by atoms with van der Waals surface area (Å²) >= 11 is 3.38. The number of carbonyl (C=O) groups excluding carboxylic acids is 2. The first-order valence-electron chi connectivity index (χ1n) is 6.87. The van der Waals surface area contributed by atoms with Crippen LogP contribution in [-0.2, 0) is 4.79 Å². The van der Waals surface area contributed by atoms with Crippen molar-refractivity contribution < 1.29 is 9.59 Å². The van der Waals surface area contributed by atoms with E-state index in [1.807, 2.05) is 47.4 Å². The number of halogens is 1. The standard InChI is InChI=1S/C15H15BrN4O2/c1-19-12-11(13(21)18-15(19)22)20(14(16)17-12)9-5-8-10-6-3-2-4-7-10/h2-8,11-12H,9H2,1H3,(H,18,21,22)/b8-5+. The molecule has 22 heavy (non-hydrogen) atoms. The van der Waals surface area contributed by atoms with Crippen molar-refractivity contribution in [3.8, 4) is 0 Å². The van der Waals surface area contributed by atoms with Gasteiger partial charge < -0.3 is 9.80 Å². The summed E-state index contributed by atoms with van der Waals surface area (Å²) in [5, 5.41) is 2.35. The molecule has 0 aliphatic carbocycles. The fourth-order valence-corrected chi connectivity index (χ4v) is 3.12. The molecular formula is C15H15BrN4O2. The van der Waals surface area contributed by atoms with Crippen LogP contribution < -0.4 is 5.32 Å². The highest BCUT2D eigenvalue weighted by Crippen LogP contribution is 2.25. The van der Waals surface area contributed by atoms with Crippen LogP contribution in [0.3, 0.4) is 0 Å². The van der Waals surface area contributed by atoms with Gasteiger partial charge in [-0.1, -0.05) is 42.5 Å². The van der Waals surface area contributed by atoms with Crippen molar-refractivity contribution in [1.82, 2.24) is 15.1 Å². The zero-order valence-corrected chi connectivity index (χ0v) is 13.5. The Morgan fingerprint density at radius 1 is 1.32 bits per heavy atom. The predicted octanol–water partition coefficient (Wildman–Crippen LogP) is 1.64. The smallest absolute Gasteiger partial charge is 0.325 e. The Hall–Kier alpha value is -2.15. The molecule has 2 aliphatic heterocycles. The minimum absolute atomic E-state index is 0.320. The van der Waals surface area contributed by atoms with Gasteiger partial charge >= 0.3 is 6.03 Å². The van der Waals surface area contributed by atoms with Crippen LogP contribution in [0.15, 0.2) is 41.4 Å². The van der Waals surface area contributed by atoms with E-state index in [4.69, 9.17) is 0 Å². The summed E-state index contributed by atoms with van der Waals surface area (Å²) in [6.45, 7) is 0.523. The second-order valence-corrected chi connectivity index (χ2v) is 5.84. The minimum atomic E-state index is -0.502. The predicted molar refractivity (Wildman–Crippen MR) is 87.4 cm³/mol. The number of hydrogen-bond acceptors (Lipinski definition) is 4. The van der Waals surface area contributed by atoms with Crippen LogP contribution in [0.4, 0.5) is 4.79 Å². The van der Waals surface area contributed by atoms with E-state index in [1.54, 1.807) is 7.05 Å². The van der Waals surface area contributed by atoms with Crippen LogP contribution in [0.25, 0.3) is 6.08 Å². The summed E-state index contributed by atoms with van der Waals surface area (Å²) in [5.74, 6) is -0.320. The molecule has 6 nitrogen and oxygen atoms in total. The monoisotopic (exact) mass is 362 g/mol. The number of urea groups is 1. The molecule has 0 aromatic heterocycles. The molecule has 1 aromatic carbocycles. The van der Waals surface area contributed by atoms with E-state index in [2.05, 4.69) is 26.2 Å². The number of nitrogens with zero attached hydrogens (tertiary/aromatic N) is 3. The molecular weight excluding hydrogens is 348 g/mol. The van der Waals surface area contributed by atoms with Gasteiger partial charge in [0.05, 0.1) is 0 Å². The number of carbonyl (C=O) groups is 2. The summed E-state index contributed by atoms with van der Waals surface area (Å²) in [6.07, 6.45) is 3.47. The third-order valence-electron chi connectivity index (χ3n) is 3.72. The number of hydrogen-bond donors (Lipinski definition) is 1. The average Bonchev–Trinajstić information content (AvgIpc) is 2.84. The lowest BCUT2D eigenvalue weighted by Crippen LogP contribution is -2.63. The molecule has 3 rings (SSSR count). The number of nitrogens with one attached hydrogen (secondary N) is 1. The first-order chi connectivity index (χ1) is 10.6. The number of benzene rings is 1. The third kappa shape index (κ3) is 2.64. The summed E-state index contributed by atoms with van der Waals surface area (Å²) in [4.78, 5) is 31.4. The van der Waals surface area contributed by atoms with E-state index in [0.29, 0.717) is 11.3 Å². The molecule has 0 spiro atoms. The topological polar surface area (TPSA) is 65.0 Å². The quantitative estimate of drug-likeness (QED) is 0.831.